The minimum atomic E-state index is -0.794. The van der Waals surface area contributed by atoms with Crippen molar-refractivity contribution in [1.82, 2.24) is 9.88 Å². The maximum atomic E-state index is 10.8. The largest absolute Gasteiger partial charge is 0.481 e. The molecule has 0 fully saturated rings. The van der Waals surface area contributed by atoms with Crippen LogP contribution in [0.15, 0.2) is 30.3 Å². The van der Waals surface area contributed by atoms with Crippen LogP contribution in [0.4, 0.5) is 0 Å². The first-order valence-corrected chi connectivity index (χ1v) is 8.33. The average molecular weight is 318 g/mol. The molecule has 0 spiro atoms. The van der Waals surface area contributed by atoms with Crippen molar-refractivity contribution in [3.63, 3.8) is 0 Å². The lowest BCUT2D eigenvalue weighted by molar-refractivity contribution is -0.136. The number of hydrogen-bond donors (Lipinski definition) is 1. The highest BCUT2D eigenvalue weighted by atomic mass is 32.1. The number of hydrogen-bond acceptors (Lipinski definition) is 4. The highest BCUT2D eigenvalue weighted by molar-refractivity contribution is 7.11. The highest BCUT2D eigenvalue weighted by Crippen LogP contribution is 2.19. The predicted octanol–water partition coefficient (Wildman–Crippen LogP) is 3.14. The lowest BCUT2D eigenvalue weighted by Gasteiger charge is -2.19. The van der Waals surface area contributed by atoms with Gasteiger partial charge in [-0.05, 0) is 19.0 Å². The quantitative estimate of drug-likeness (QED) is 0.812. The third-order valence-corrected chi connectivity index (χ3v) is 4.80. The van der Waals surface area contributed by atoms with Crippen LogP contribution >= 0.6 is 11.3 Å². The number of nitrogens with zero attached hydrogens (tertiary/aromatic N) is 2. The van der Waals surface area contributed by atoms with Gasteiger partial charge < -0.3 is 5.11 Å². The summed E-state index contributed by atoms with van der Waals surface area (Å²) in [5, 5.41) is 9.92. The van der Waals surface area contributed by atoms with E-state index in [4.69, 9.17) is 5.11 Å². The van der Waals surface area contributed by atoms with E-state index < -0.39 is 5.97 Å². The van der Waals surface area contributed by atoms with Crippen LogP contribution in [0.25, 0.3) is 0 Å². The summed E-state index contributed by atoms with van der Waals surface area (Å²) in [7, 11) is 0. The topological polar surface area (TPSA) is 53.4 Å². The number of carboxylic acids is 1. The molecule has 0 amide bonds. The van der Waals surface area contributed by atoms with Gasteiger partial charge >= 0.3 is 5.97 Å². The molecule has 0 aliphatic carbocycles. The summed E-state index contributed by atoms with van der Waals surface area (Å²) in [6.07, 6.45) is 0.941. The number of thiazole rings is 1. The number of carbonyl (C=O) groups is 1. The Labute approximate surface area is 135 Å². The molecule has 2 aromatic rings. The van der Waals surface area contributed by atoms with Crippen molar-refractivity contribution in [3.05, 3.63) is 51.5 Å². The van der Waals surface area contributed by atoms with Crippen LogP contribution in [0.2, 0.25) is 0 Å². The SMILES string of the molecule is CCN(CCc1nc(C)c(CC(=O)O)s1)Cc1ccccc1. The van der Waals surface area contributed by atoms with E-state index in [0.717, 1.165) is 41.6 Å². The van der Waals surface area contributed by atoms with Gasteiger partial charge in [-0.3, -0.25) is 9.69 Å². The molecular formula is C17H22N2O2S. The van der Waals surface area contributed by atoms with Crippen molar-refractivity contribution < 1.29 is 9.90 Å². The maximum Gasteiger partial charge on any atom is 0.308 e. The summed E-state index contributed by atoms with van der Waals surface area (Å²) in [5.41, 5.74) is 2.17. The van der Waals surface area contributed by atoms with Crippen LogP contribution < -0.4 is 0 Å². The molecule has 118 valence electrons. The minimum absolute atomic E-state index is 0.0744. The Morgan fingerprint density at radius 2 is 2.05 bits per heavy atom. The smallest absolute Gasteiger partial charge is 0.308 e. The number of benzene rings is 1. The first kappa shape index (κ1) is 16.6. The van der Waals surface area contributed by atoms with E-state index in [0.29, 0.717) is 0 Å². The Kier molecular flexibility index (Phi) is 6.10. The fourth-order valence-corrected chi connectivity index (χ4v) is 3.39. The second-order valence-electron chi connectivity index (χ2n) is 5.29. The number of rotatable bonds is 8. The lowest BCUT2D eigenvalue weighted by Crippen LogP contribution is -2.25. The molecule has 0 aliphatic heterocycles. The third kappa shape index (κ3) is 4.93. The second kappa shape index (κ2) is 8.06. The van der Waals surface area contributed by atoms with Crippen molar-refractivity contribution in [2.24, 2.45) is 0 Å². The van der Waals surface area contributed by atoms with Crippen LogP contribution in [-0.2, 0) is 24.2 Å². The van der Waals surface area contributed by atoms with Crippen LogP contribution in [0.3, 0.4) is 0 Å². The normalized spacial score (nSPS) is 11.0. The first-order chi connectivity index (χ1) is 10.6. The van der Waals surface area contributed by atoms with E-state index in [9.17, 15) is 4.79 Å². The summed E-state index contributed by atoms with van der Waals surface area (Å²) >= 11 is 1.53. The molecule has 0 aliphatic rings. The number of aromatic nitrogens is 1. The molecule has 1 heterocycles. The maximum absolute atomic E-state index is 10.8. The second-order valence-corrected chi connectivity index (χ2v) is 6.46. The molecule has 0 saturated carbocycles. The van der Waals surface area contributed by atoms with Gasteiger partial charge in [-0.15, -0.1) is 11.3 Å². The summed E-state index contributed by atoms with van der Waals surface area (Å²) in [6, 6.07) is 10.4. The Bertz CT molecular complexity index is 610. The van der Waals surface area contributed by atoms with Gasteiger partial charge in [-0.2, -0.15) is 0 Å². The van der Waals surface area contributed by atoms with Gasteiger partial charge in [0.15, 0.2) is 0 Å². The lowest BCUT2D eigenvalue weighted by atomic mass is 10.2. The Hall–Kier alpha value is -1.72. The van der Waals surface area contributed by atoms with Gasteiger partial charge in [0.05, 0.1) is 17.1 Å². The van der Waals surface area contributed by atoms with Crippen LogP contribution in [0.5, 0.6) is 0 Å². The molecule has 0 bridgehead atoms. The van der Waals surface area contributed by atoms with Crippen LogP contribution in [-0.4, -0.2) is 34.0 Å². The van der Waals surface area contributed by atoms with Gasteiger partial charge in [-0.25, -0.2) is 4.98 Å². The third-order valence-electron chi connectivity index (χ3n) is 3.59. The summed E-state index contributed by atoms with van der Waals surface area (Å²) in [5.74, 6) is -0.794. The molecule has 0 saturated heterocycles. The zero-order valence-electron chi connectivity index (χ0n) is 13.1. The van der Waals surface area contributed by atoms with Crippen LogP contribution in [0.1, 0.15) is 28.1 Å². The van der Waals surface area contributed by atoms with E-state index in [1.165, 1.54) is 16.9 Å². The monoisotopic (exact) mass is 318 g/mol. The van der Waals surface area contributed by atoms with E-state index in [-0.39, 0.29) is 6.42 Å². The summed E-state index contributed by atoms with van der Waals surface area (Å²) in [6.45, 7) is 6.90. The number of carboxylic acid groups (broad SMARTS) is 1. The Balaban J connectivity index is 1.91. The Morgan fingerprint density at radius 3 is 2.68 bits per heavy atom. The molecule has 0 unspecified atom stereocenters. The molecule has 5 heteroatoms. The number of likely N-dealkylation sites (N-methyl/N-ethyl adjacent to an activating group) is 1. The molecule has 22 heavy (non-hydrogen) atoms. The van der Waals surface area contributed by atoms with E-state index >= 15 is 0 Å². The number of aryl methyl sites for hydroxylation is 1. The highest BCUT2D eigenvalue weighted by Gasteiger charge is 2.12. The van der Waals surface area contributed by atoms with Gasteiger partial charge in [0.25, 0.3) is 0 Å². The van der Waals surface area contributed by atoms with Crippen molar-refractivity contribution in [3.8, 4) is 0 Å². The van der Waals surface area contributed by atoms with Crippen molar-refractivity contribution in [2.75, 3.05) is 13.1 Å². The van der Waals surface area contributed by atoms with E-state index in [1.54, 1.807) is 0 Å². The number of aliphatic carboxylic acids is 1. The van der Waals surface area contributed by atoms with E-state index in [1.807, 2.05) is 13.0 Å². The zero-order valence-corrected chi connectivity index (χ0v) is 13.9. The predicted molar refractivity (Wildman–Crippen MR) is 89.3 cm³/mol. The molecular weight excluding hydrogens is 296 g/mol. The van der Waals surface area contributed by atoms with Gasteiger partial charge in [0.1, 0.15) is 0 Å². The van der Waals surface area contributed by atoms with Gasteiger partial charge in [0, 0.05) is 24.4 Å². The van der Waals surface area contributed by atoms with Crippen molar-refractivity contribution >= 4 is 17.3 Å². The molecule has 1 aromatic carbocycles. The zero-order chi connectivity index (χ0) is 15.9. The fourth-order valence-electron chi connectivity index (χ4n) is 2.34. The standard InChI is InChI=1S/C17H22N2O2S/c1-3-19(12-14-7-5-4-6-8-14)10-9-16-18-13(2)15(22-16)11-17(20)21/h4-8H,3,9-12H2,1-2H3,(H,20,21). The fraction of sp³-hybridized carbons (Fsp3) is 0.412. The van der Waals surface area contributed by atoms with E-state index in [2.05, 4.69) is 41.1 Å². The van der Waals surface area contributed by atoms with Gasteiger partial charge in [-0.1, -0.05) is 37.3 Å². The van der Waals surface area contributed by atoms with Crippen molar-refractivity contribution in [2.45, 2.75) is 33.2 Å². The summed E-state index contributed by atoms with van der Waals surface area (Å²) in [4.78, 5) is 18.6. The molecule has 0 atom stereocenters. The summed E-state index contributed by atoms with van der Waals surface area (Å²) < 4.78 is 0. The molecule has 1 N–H and O–H groups in total. The molecule has 0 radical (unpaired) electrons. The van der Waals surface area contributed by atoms with Gasteiger partial charge in [0.2, 0.25) is 0 Å². The first-order valence-electron chi connectivity index (χ1n) is 7.51. The minimum Gasteiger partial charge on any atom is -0.481 e. The molecule has 1 aromatic heterocycles. The van der Waals surface area contributed by atoms with Crippen LogP contribution in [0, 0.1) is 6.92 Å². The van der Waals surface area contributed by atoms with Crippen molar-refractivity contribution in [1.29, 1.82) is 0 Å². The molecule has 2 rings (SSSR count). The Morgan fingerprint density at radius 1 is 1.32 bits per heavy atom. The molecule has 4 nitrogen and oxygen atoms in total. The average Bonchev–Trinajstić information content (AvgIpc) is 2.84.